The van der Waals surface area contributed by atoms with Gasteiger partial charge in [0.15, 0.2) is 0 Å². The quantitative estimate of drug-likeness (QED) is 0.454. The number of hydrogen-bond donors (Lipinski definition) is 2. The highest BCUT2D eigenvalue weighted by Crippen LogP contribution is 2.15. The standard InChI is InChI=1S/C25H23N3O3/c29-24(18-28-15-13-20-9-4-5-12-23(20)28)26-27-25(30)21-10-6-11-22(17-21)31-16-14-19-7-2-1-3-8-19/h1-13,15,17H,14,16,18H2,(H,26,29)(H,27,30). The lowest BCUT2D eigenvalue weighted by molar-refractivity contribution is -0.122. The van der Waals surface area contributed by atoms with Crippen molar-refractivity contribution < 1.29 is 14.3 Å². The van der Waals surface area contributed by atoms with Crippen molar-refractivity contribution in [3.63, 3.8) is 0 Å². The summed E-state index contributed by atoms with van der Waals surface area (Å²) in [6.07, 6.45) is 2.63. The predicted molar refractivity (Wildman–Crippen MR) is 120 cm³/mol. The Balaban J connectivity index is 1.28. The molecule has 1 aromatic heterocycles. The van der Waals surface area contributed by atoms with Crippen molar-refractivity contribution in [2.24, 2.45) is 0 Å². The first-order valence-corrected chi connectivity index (χ1v) is 10.1. The van der Waals surface area contributed by atoms with E-state index in [0.717, 1.165) is 17.3 Å². The van der Waals surface area contributed by atoms with Gasteiger partial charge in [0.2, 0.25) is 0 Å². The third-order valence-corrected chi connectivity index (χ3v) is 4.91. The summed E-state index contributed by atoms with van der Waals surface area (Å²) in [6, 6.07) is 26.7. The van der Waals surface area contributed by atoms with Crippen LogP contribution in [0.4, 0.5) is 0 Å². The van der Waals surface area contributed by atoms with Gasteiger partial charge >= 0.3 is 0 Å². The molecule has 4 rings (SSSR count). The van der Waals surface area contributed by atoms with Crippen LogP contribution in [0, 0.1) is 0 Å². The van der Waals surface area contributed by atoms with Crippen LogP contribution in [0.2, 0.25) is 0 Å². The Bertz CT molecular complexity index is 1180. The maximum atomic E-state index is 12.4. The lowest BCUT2D eigenvalue weighted by atomic mass is 10.2. The number of nitrogens with zero attached hydrogens (tertiary/aromatic N) is 1. The van der Waals surface area contributed by atoms with E-state index in [1.165, 1.54) is 5.56 Å². The van der Waals surface area contributed by atoms with Crippen LogP contribution >= 0.6 is 0 Å². The smallest absolute Gasteiger partial charge is 0.269 e. The SMILES string of the molecule is O=C(Cn1ccc2ccccc21)NNC(=O)c1cccc(OCCc2ccccc2)c1. The Morgan fingerprint density at radius 2 is 1.65 bits per heavy atom. The number of carbonyl (C=O) groups excluding carboxylic acids is 2. The molecule has 0 saturated carbocycles. The Morgan fingerprint density at radius 1 is 0.839 bits per heavy atom. The number of fused-ring (bicyclic) bond motifs is 1. The van der Waals surface area contributed by atoms with Crippen LogP contribution in [-0.4, -0.2) is 23.0 Å². The fourth-order valence-corrected chi connectivity index (χ4v) is 3.33. The molecule has 0 aliphatic heterocycles. The number of carbonyl (C=O) groups is 2. The lowest BCUT2D eigenvalue weighted by Gasteiger charge is -2.10. The summed E-state index contributed by atoms with van der Waals surface area (Å²) in [5.41, 5.74) is 7.49. The van der Waals surface area contributed by atoms with Crippen molar-refractivity contribution in [3.8, 4) is 5.75 Å². The van der Waals surface area contributed by atoms with E-state index in [9.17, 15) is 9.59 Å². The molecule has 0 aliphatic rings. The van der Waals surface area contributed by atoms with Gasteiger partial charge in [-0.1, -0.05) is 54.6 Å². The van der Waals surface area contributed by atoms with Crippen LogP contribution in [0.15, 0.2) is 91.1 Å². The van der Waals surface area contributed by atoms with Crippen molar-refractivity contribution in [1.82, 2.24) is 15.4 Å². The number of aromatic nitrogens is 1. The fourth-order valence-electron chi connectivity index (χ4n) is 3.33. The number of nitrogens with one attached hydrogen (secondary N) is 2. The van der Waals surface area contributed by atoms with Gasteiger partial charge in [-0.3, -0.25) is 20.4 Å². The van der Waals surface area contributed by atoms with Crippen LogP contribution < -0.4 is 15.6 Å². The van der Waals surface area contributed by atoms with Crippen molar-refractivity contribution in [3.05, 3.63) is 102 Å². The molecule has 4 aromatic rings. The highest BCUT2D eigenvalue weighted by Gasteiger charge is 2.10. The summed E-state index contributed by atoms with van der Waals surface area (Å²) in [4.78, 5) is 24.7. The van der Waals surface area contributed by atoms with Crippen molar-refractivity contribution in [1.29, 1.82) is 0 Å². The second-order valence-corrected chi connectivity index (χ2v) is 7.12. The highest BCUT2D eigenvalue weighted by atomic mass is 16.5. The van der Waals surface area contributed by atoms with E-state index in [4.69, 9.17) is 4.74 Å². The van der Waals surface area contributed by atoms with Crippen LogP contribution in [0.3, 0.4) is 0 Å². The molecule has 156 valence electrons. The molecule has 0 spiro atoms. The minimum Gasteiger partial charge on any atom is -0.493 e. The van der Waals surface area contributed by atoms with Gasteiger partial charge in [0.1, 0.15) is 12.3 Å². The van der Waals surface area contributed by atoms with E-state index in [1.807, 2.05) is 71.4 Å². The van der Waals surface area contributed by atoms with Gasteiger partial charge in [0.25, 0.3) is 11.8 Å². The zero-order valence-electron chi connectivity index (χ0n) is 17.0. The largest absolute Gasteiger partial charge is 0.493 e. The average Bonchev–Trinajstić information content (AvgIpc) is 3.21. The number of rotatable bonds is 7. The monoisotopic (exact) mass is 413 g/mol. The van der Waals surface area contributed by atoms with Gasteiger partial charge in [-0.05, 0) is 41.3 Å². The van der Waals surface area contributed by atoms with Crippen molar-refractivity contribution >= 4 is 22.7 Å². The normalized spacial score (nSPS) is 10.6. The van der Waals surface area contributed by atoms with Crippen LogP contribution in [0.5, 0.6) is 5.75 Å². The van der Waals surface area contributed by atoms with E-state index < -0.39 is 5.91 Å². The van der Waals surface area contributed by atoms with E-state index in [2.05, 4.69) is 10.9 Å². The minimum absolute atomic E-state index is 0.108. The molecule has 0 aliphatic carbocycles. The molecule has 0 radical (unpaired) electrons. The van der Waals surface area contributed by atoms with Gasteiger partial charge in [-0.15, -0.1) is 0 Å². The Hall–Kier alpha value is -4.06. The minimum atomic E-state index is -0.403. The number of hydrazine groups is 1. The molecule has 0 unspecified atom stereocenters. The Morgan fingerprint density at radius 3 is 2.52 bits per heavy atom. The molecule has 2 amide bonds. The topological polar surface area (TPSA) is 72.4 Å². The van der Waals surface area contributed by atoms with Crippen molar-refractivity contribution in [2.45, 2.75) is 13.0 Å². The second-order valence-electron chi connectivity index (χ2n) is 7.12. The highest BCUT2D eigenvalue weighted by molar-refractivity contribution is 5.95. The first-order chi connectivity index (χ1) is 15.2. The Labute approximate surface area is 180 Å². The zero-order valence-corrected chi connectivity index (χ0v) is 17.0. The van der Waals surface area contributed by atoms with Crippen LogP contribution in [0.1, 0.15) is 15.9 Å². The maximum Gasteiger partial charge on any atom is 0.269 e. The fraction of sp³-hybridized carbons (Fsp3) is 0.120. The van der Waals surface area contributed by atoms with E-state index in [1.54, 1.807) is 24.3 Å². The third-order valence-electron chi connectivity index (χ3n) is 4.91. The number of amides is 2. The van der Waals surface area contributed by atoms with Gasteiger partial charge < -0.3 is 9.30 Å². The van der Waals surface area contributed by atoms with E-state index in [0.29, 0.717) is 17.9 Å². The molecule has 31 heavy (non-hydrogen) atoms. The first kappa shape index (κ1) is 20.2. The van der Waals surface area contributed by atoms with Crippen LogP contribution in [0.25, 0.3) is 10.9 Å². The molecule has 2 N–H and O–H groups in total. The molecule has 6 heteroatoms. The lowest BCUT2D eigenvalue weighted by Crippen LogP contribution is -2.43. The maximum absolute atomic E-state index is 12.4. The van der Waals surface area contributed by atoms with Gasteiger partial charge in [0.05, 0.1) is 6.61 Å². The second kappa shape index (κ2) is 9.63. The molecule has 0 saturated heterocycles. The Kier molecular flexibility index (Phi) is 6.28. The van der Waals surface area contributed by atoms with Crippen molar-refractivity contribution in [2.75, 3.05) is 6.61 Å². The summed E-state index contributed by atoms with van der Waals surface area (Å²) >= 11 is 0. The number of ether oxygens (including phenoxy) is 1. The predicted octanol–water partition coefficient (Wildman–Crippen LogP) is 3.72. The third kappa shape index (κ3) is 5.30. The summed E-state index contributed by atoms with van der Waals surface area (Å²) < 4.78 is 7.60. The van der Waals surface area contributed by atoms with Gasteiger partial charge in [-0.25, -0.2) is 0 Å². The zero-order chi connectivity index (χ0) is 21.5. The van der Waals surface area contributed by atoms with Crippen LogP contribution in [-0.2, 0) is 17.8 Å². The van der Waals surface area contributed by atoms with E-state index in [-0.39, 0.29) is 12.5 Å². The molecule has 0 fully saturated rings. The molecule has 3 aromatic carbocycles. The molecule has 6 nitrogen and oxygen atoms in total. The molecule has 1 heterocycles. The van der Waals surface area contributed by atoms with E-state index >= 15 is 0 Å². The number of benzene rings is 3. The first-order valence-electron chi connectivity index (χ1n) is 10.1. The molecular formula is C25H23N3O3. The molecule has 0 bridgehead atoms. The van der Waals surface area contributed by atoms with Gasteiger partial charge in [-0.2, -0.15) is 0 Å². The number of para-hydroxylation sites is 1. The molecule has 0 atom stereocenters. The molecular weight excluding hydrogens is 390 g/mol. The summed E-state index contributed by atoms with van der Waals surface area (Å²) in [5.74, 6) is -0.113. The average molecular weight is 413 g/mol. The summed E-state index contributed by atoms with van der Waals surface area (Å²) in [6.45, 7) is 0.618. The number of hydrogen-bond acceptors (Lipinski definition) is 3. The van der Waals surface area contributed by atoms with Gasteiger partial charge in [0, 0.05) is 23.7 Å². The summed E-state index contributed by atoms with van der Waals surface area (Å²) in [5, 5.41) is 1.06. The summed E-state index contributed by atoms with van der Waals surface area (Å²) in [7, 11) is 0.